The smallest absolute Gasteiger partial charge is 0.410 e. The third kappa shape index (κ3) is 3.58. The third-order valence-corrected chi connectivity index (χ3v) is 4.43. The first-order valence-electron chi connectivity index (χ1n) is 8.55. The van der Waals surface area contributed by atoms with Crippen LogP contribution in [0.25, 0.3) is 0 Å². The molecule has 140 valence electrons. The number of benzene rings is 1. The topological polar surface area (TPSA) is 90.4 Å². The summed E-state index contributed by atoms with van der Waals surface area (Å²) in [6.07, 6.45) is -0.367. The van der Waals surface area contributed by atoms with Crippen LogP contribution in [-0.4, -0.2) is 70.8 Å². The Morgan fingerprint density at radius 3 is 2.35 bits per heavy atom. The van der Waals surface area contributed by atoms with Gasteiger partial charge in [-0.15, -0.1) is 0 Å². The van der Waals surface area contributed by atoms with E-state index in [1.165, 1.54) is 12.1 Å². The van der Waals surface area contributed by atoms with Gasteiger partial charge in [-0.2, -0.15) is 0 Å². The molecule has 3 rings (SSSR count). The molecule has 0 bridgehead atoms. The summed E-state index contributed by atoms with van der Waals surface area (Å²) in [5.41, 5.74) is 0.268. The average molecular weight is 361 g/mol. The summed E-state index contributed by atoms with van der Waals surface area (Å²) < 4.78 is 5.41. The lowest BCUT2D eigenvalue weighted by atomic mass is 10.2. The first kappa shape index (κ1) is 18.0. The molecule has 1 aromatic rings. The van der Waals surface area contributed by atoms with Crippen LogP contribution in [0, 0.1) is 0 Å². The van der Waals surface area contributed by atoms with E-state index in [1.807, 2.05) is 20.8 Å². The van der Waals surface area contributed by atoms with E-state index in [-0.39, 0.29) is 23.7 Å². The molecule has 2 heterocycles. The number of hydrogen-bond acceptors (Lipinski definition) is 4. The predicted octanol–water partition coefficient (Wildman–Crippen LogP) is 2.25. The molecular formula is C18H23N3O5. The summed E-state index contributed by atoms with van der Waals surface area (Å²) in [4.78, 5) is 40.9. The Kier molecular flexibility index (Phi) is 4.52. The zero-order chi connectivity index (χ0) is 19.1. The Morgan fingerprint density at radius 2 is 1.77 bits per heavy atom. The fourth-order valence-electron chi connectivity index (χ4n) is 3.20. The highest BCUT2D eigenvalue weighted by Crippen LogP contribution is 2.27. The number of hydrogen-bond donors (Lipinski definition) is 1. The largest absolute Gasteiger partial charge is 0.478 e. The second-order valence-corrected chi connectivity index (χ2v) is 7.52. The van der Waals surface area contributed by atoms with E-state index in [1.54, 1.807) is 26.8 Å². The van der Waals surface area contributed by atoms with Gasteiger partial charge in [-0.05, 0) is 45.0 Å². The molecule has 2 fully saturated rings. The van der Waals surface area contributed by atoms with Crippen molar-refractivity contribution in [3.05, 3.63) is 29.8 Å². The fourth-order valence-corrected chi connectivity index (χ4v) is 3.20. The van der Waals surface area contributed by atoms with Crippen molar-refractivity contribution in [2.24, 2.45) is 0 Å². The number of urea groups is 1. The molecule has 2 saturated heterocycles. The molecule has 0 radical (unpaired) electrons. The highest BCUT2D eigenvalue weighted by atomic mass is 16.6. The summed E-state index contributed by atoms with van der Waals surface area (Å²) in [7, 11) is 0. The van der Waals surface area contributed by atoms with Gasteiger partial charge in [0.25, 0.3) is 0 Å². The van der Waals surface area contributed by atoms with E-state index < -0.39 is 11.6 Å². The first-order chi connectivity index (χ1) is 12.2. The monoisotopic (exact) mass is 361 g/mol. The average Bonchev–Trinajstić information content (AvgIpc) is 2.90. The summed E-state index contributed by atoms with van der Waals surface area (Å²) in [5.74, 6) is -1.00. The van der Waals surface area contributed by atoms with Gasteiger partial charge < -0.3 is 19.6 Å². The molecule has 2 aliphatic rings. The molecule has 0 aliphatic carbocycles. The van der Waals surface area contributed by atoms with E-state index in [9.17, 15) is 14.4 Å². The molecule has 0 unspecified atom stereocenters. The van der Waals surface area contributed by atoms with E-state index in [4.69, 9.17) is 9.84 Å². The summed E-state index contributed by atoms with van der Waals surface area (Å²) in [6, 6.07) is 5.99. The normalized spacial score (nSPS) is 20.2. The number of aromatic carboxylic acids is 1. The second kappa shape index (κ2) is 6.51. The van der Waals surface area contributed by atoms with Crippen molar-refractivity contribution in [2.75, 3.05) is 31.1 Å². The second-order valence-electron chi connectivity index (χ2n) is 7.52. The van der Waals surface area contributed by atoms with Crippen molar-refractivity contribution in [3.63, 3.8) is 0 Å². The van der Waals surface area contributed by atoms with Crippen LogP contribution in [0.3, 0.4) is 0 Å². The quantitative estimate of drug-likeness (QED) is 0.872. The van der Waals surface area contributed by atoms with Gasteiger partial charge in [-0.25, -0.2) is 14.4 Å². The number of nitrogens with zero attached hydrogens (tertiary/aromatic N) is 3. The molecule has 0 spiro atoms. The van der Waals surface area contributed by atoms with Crippen molar-refractivity contribution in [2.45, 2.75) is 32.4 Å². The Morgan fingerprint density at radius 1 is 1.12 bits per heavy atom. The van der Waals surface area contributed by atoms with Crippen molar-refractivity contribution >= 4 is 23.8 Å². The molecule has 8 heteroatoms. The van der Waals surface area contributed by atoms with Gasteiger partial charge in [0.15, 0.2) is 0 Å². The highest BCUT2D eigenvalue weighted by Gasteiger charge is 2.42. The number of rotatable bonds is 2. The number of carbonyl (C=O) groups excluding carboxylic acids is 2. The molecule has 8 nitrogen and oxygen atoms in total. The molecule has 0 aromatic heterocycles. The van der Waals surface area contributed by atoms with Crippen LogP contribution in [0.15, 0.2) is 24.3 Å². The lowest BCUT2D eigenvalue weighted by Gasteiger charge is -2.36. The van der Waals surface area contributed by atoms with Gasteiger partial charge in [-0.3, -0.25) is 4.90 Å². The summed E-state index contributed by atoms with van der Waals surface area (Å²) in [5, 5.41) is 8.99. The van der Waals surface area contributed by atoms with Gasteiger partial charge in [0.2, 0.25) is 0 Å². The maximum Gasteiger partial charge on any atom is 0.410 e. The van der Waals surface area contributed by atoms with Gasteiger partial charge in [-0.1, -0.05) is 0 Å². The summed E-state index contributed by atoms with van der Waals surface area (Å²) >= 11 is 0. The number of piperazine rings is 1. The van der Waals surface area contributed by atoms with Gasteiger partial charge in [0.1, 0.15) is 5.60 Å². The molecular weight excluding hydrogens is 338 g/mol. The van der Waals surface area contributed by atoms with Crippen molar-refractivity contribution < 1.29 is 24.2 Å². The lowest BCUT2D eigenvalue weighted by molar-refractivity contribution is 0.0128. The maximum absolute atomic E-state index is 12.7. The van der Waals surface area contributed by atoms with Crippen LogP contribution < -0.4 is 4.90 Å². The van der Waals surface area contributed by atoms with Crippen molar-refractivity contribution in [1.29, 1.82) is 0 Å². The number of carboxylic acids is 1. The molecule has 26 heavy (non-hydrogen) atoms. The molecule has 0 saturated carbocycles. The van der Waals surface area contributed by atoms with Crippen LogP contribution in [0.1, 0.15) is 31.1 Å². The third-order valence-electron chi connectivity index (χ3n) is 4.43. The van der Waals surface area contributed by atoms with E-state index in [2.05, 4.69) is 0 Å². The zero-order valence-corrected chi connectivity index (χ0v) is 15.1. The van der Waals surface area contributed by atoms with E-state index in [0.29, 0.717) is 31.9 Å². The Hall–Kier alpha value is -2.77. The van der Waals surface area contributed by atoms with Crippen LogP contribution >= 0.6 is 0 Å². The molecule has 1 aromatic carbocycles. The molecule has 1 N–H and O–H groups in total. The lowest BCUT2D eigenvalue weighted by Crippen LogP contribution is -2.54. The van der Waals surface area contributed by atoms with Gasteiger partial charge in [0.05, 0.1) is 11.6 Å². The minimum absolute atomic E-state index is 0.108. The molecule has 2 aliphatic heterocycles. The number of carbonyl (C=O) groups is 3. The molecule has 1 atom stereocenters. The van der Waals surface area contributed by atoms with Gasteiger partial charge >= 0.3 is 18.1 Å². The van der Waals surface area contributed by atoms with Crippen LogP contribution in [0.4, 0.5) is 15.3 Å². The number of anilines is 1. The number of carboxylic acid groups (broad SMARTS) is 1. The fraction of sp³-hybridized carbons (Fsp3) is 0.500. The highest BCUT2D eigenvalue weighted by molar-refractivity contribution is 5.96. The Balaban J connectivity index is 1.69. The van der Waals surface area contributed by atoms with Crippen LogP contribution in [0.2, 0.25) is 0 Å². The van der Waals surface area contributed by atoms with E-state index in [0.717, 1.165) is 0 Å². The van der Waals surface area contributed by atoms with Gasteiger partial charge in [0, 0.05) is 31.9 Å². The first-order valence-corrected chi connectivity index (χ1v) is 8.55. The summed E-state index contributed by atoms with van der Waals surface area (Å²) in [6.45, 7) is 7.22. The minimum atomic E-state index is -1.00. The Bertz CT molecular complexity index is 725. The SMILES string of the molecule is CC(C)(C)OC(=O)N1CCN2C(=O)N(c3ccc(C(=O)O)cc3)C[C@@H]2C1. The van der Waals surface area contributed by atoms with Crippen molar-refractivity contribution in [3.8, 4) is 0 Å². The predicted molar refractivity (Wildman–Crippen MR) is 94.4 cm³/mol. The Labute approximate surface area is 151 Å². The van der Waals surface area contributed by atoms with Crippen LogP contribution in [0.5, 0.6) is 0 Å². The standard InChI is InChI=1S/C18H23N3O5/c1-18(2,3)26-17(25)19-8-9-20-14(10-19)11-21(16(20)24)13-6-4-12(5-7-13)15(22)23/h4-7,14H,8-11H2,1-3H3,(H,22,23)/t14-/m0/s1. The zero-order valence-electron chi connectivity index (χ0n) is 15.1. The maximum atomic E-state index is 12.7. The van der Waals surface area contributed by atoms with Crippen LogP contribution in [-0.2, 0) is 4.74 Å². The van der Waals surface area contributed by atoms with Crippen molar-refractivity contribution in [1.82, 2.24) is 9.80 Å². The number of amides is 3. The molecule has 3 amide bonds. The minimum Gasteiger partial charge on any atom is -0.478 e. The number of fused-ring (bicyclic) bond motifs is 1. The number of ether oxygens (including phenoxy) is 1. The van der Waals surface area contributed by atoms with E-state index >= 15 is 0 Å².